The van der Waals surface area contributed by atoms with Crippen molar-refractivity contribution in [2.45, 2.75) is 41.0 Å². The molecule has 2 rings (SSSR count). The first kappa shape index (κ1) is 15.3. The van der Waals surface area contributed by atoms with Gasteiger partial charge in [0, 0.05) is 17.6 Å². The second-order valence-corrected chi connectivity index (χ2v) is 6.97. The van der Waals surface area contributed by atoms with Crippen LogP contribution >= 0.6 is 11.3 Å². The minimum absolute atomic E-state index is 0.691. The first-order valence-corrected chi connectivity index (χ1v) is 8.18. The summed E-state index contributed by atoms with van der Waals surface area (Å²) in [7, 11) is 0. The number of hydrogen-bond donors (Lipinski definition) is 1. The van der Waals surface area contributed by atoms with E-state index in [1.165, 1.54) is 16.1 Å². The van der Waals surface area contributed by atoms with E-state index < -0.39 is 0 Å². The Labute approximate surface area is 125 Å². The third-order valence-corrected chi connectivity index (χ3v) is 4.26. The van der Waals surface area contributed by atoms with Gasteiger partial charge in [-0.1, -0.05) is 26.3 Å². The molecule has 0 aliphatic heterocycles. The predicted molar refractivity (Wildman–Crippen MR) is 88.5 cm³/mol. The van der Waals surface area contributed by atoms with Crippen LogP contribution in [0.3, 0.4) is 0 Å². The Hall–Kier alpha value is -1.13. The summed E-state index contributed by atoms with van der Waals surface area (Å²) in [4.78, 5) is 7.04. The Morgan fingerprint density at radius 1 is 1.45 bits per heavy atom. The fraction of sp³-hybridized carbons (Fsp3) is 0.562. The molecule has 0 aliphatic carbocycles. The molecule has 4 heteroatoms. The smallest absolute Gasteiger partial charge is 0.194 e. The van der Waals surface area contributed by atoms with Crippen LogP contribution in [-0.2, 0) is 0 Å². The summed E-state index contributed by atoms with van der Waals surface area (Å²) in [5.41, 5.74) is 3.78. The lowest BCUT2D eigenvalue weighted by atomic mass is 10.1. The van der Waals surface area contributed by atoms with Crippen LogP contribution in [0.2, 0.25) is 0 Å². The lowest BCUT2D eigenvalue weighted by molar-refractivity contribution is 0.569. The highest BCUT2D eigenvalue weighted by atomic mass is 32.1. The molecule has 0 radical (unpaired) electrons. The molecule has 110 valence electrons. The van der Waals surface area contributed by atoms with Gasteiger partial charge in [0.2, 0.25) is 0 Å². The first-order valence-electron chi connectivity index (χ1n) is 7.36. The van der Waals surface area contributed by atoms with E-state index in [2.05, 4.69) is 61.6 Å². The molecule has 0 fully saturated rings. The topological polar surface area (TPSA) is 29.3 Å². The molecule has 0 aromatic carbocycles. The van der Waals surface area contributed by atoms with Crippen molar-refractivity contribution in [1.82, 2.24) is 14.7 Å². The first-order chi connectivity index (χ1) is 9.51. The zero-order valence-corrected chi connectivity index (χ0v) is 14.0. The molecule has 2 aromatic heterocycles. The van der Waals surface area contributed by atoms with E-state index in [-0.39, 0.29) is 0 Å². The van der Waals surface area contributed by atoms with Gasteiger partial charge in [0.25, 0.3) is 0 Å². The Morgan fingerprint density at radius 3 is 2.85 bits per heavy atom. The number of hydrogen-bond acceptors (Lipinski definition) is 3. The molecule has 0 amide bonds. The van der Waals surface area contributed by atoms with E-state index in [9.17, 15) is 0 Å². The van der Waals surface area contributed by atoms with Crippen molar-refractivity contribution in [1.29, 1.82) is 0 Å². The van der Waals surface area contributed by atoms with Crippen molar-refractivity contribution in [2.75, 3.05) is 13.1 Å². The minimum Gasteiger partial charge on any atom is -0.313 e. The van der Waals surface area contributed by atoms with Gasteiger partial charge < -0.3 is 5.32 Å². The molecule has 1 N–H and O–H groups in total. The van der Waals surface area contributed by atoms with Crippen molar-refractivity contribution in [3.05, 3.63) is 28.0 Å². The van der Waals surface area contributed by atoms with Crippen LogP contribution < -0.4 is 5.32 Å². The van der Waals surface area contributed by atoms with Gasteiger partial charge in [0.1, 0.15) is 0 Å². The van der Waals surface area contributed by atoms with E-state index in [1.807, 2.05) is 0 Å². The van der Waals surface area contributed by atoms with Crippen molar-refractivity contribution in [3.63, 3.8) is 0 Å². The number of aryl methyl sites for hydroxylation is 2. The zero-order chi connectivity index (χ0) is 14.7. The van der Waals surface area contributed by atoms with Gasteiger partial charge in [0.15, 0.2) is 4.96 Å². The van der Waals surface area contributed by atoms with Crippen LogP contribution in [0.4, 0.5) is 0 Å². The highest BCUT2D eigenvalue weighted by Crippen LogP contribution is 2.22. The molecule has 0 unspecified atom stereocenters. The number of fused-ring (bicyclic) bond motifs is 1. The number of imidazole rings is 1. The second-order valence-electron chi connectivity index (χ2n) is 5.76. The van der Waals surface area contributed by atoms with Gasteiger partial charge in [-0.2, -0.15) is 0 Å². The molecule has 2 heterocycles. The molecule has 0 saturated carbocycles. The molecule has 0 bridgehead atoms. The summed E-state index contributed by atoms with van der Waals surface area (Å²) in [6.45, 7) is 12.9. The third-order valence-electron chi connectivity index (χ3n) is 3.36. The summed E-state index contributed by atoms with van der Waals surface area (Å²) < 4.78 is 2.22. The standard InChI is InChI=1S/C16H25N3S/c1-6-14(9-17-8-11(2)3)7-15-13(5)18-16-19(15)10-12(4)20-16/h7,10-11,17H,6,8-9H2,1-5H3. The predicted octanol–water partition coefficient (Wildman–Crippen LogP) is 4.05. The van der Waals surface area contributed by atoms with Crippen molar-refractivity contribution < 1.29 is 0 Å². The number of rotatable bonds is 6. The maximum absolute atomic E-state index is 4.65. The van der Waals surface area contributed by atoms with Crippen LogP contribution in [0, 0.1) is 19.8 Å². The fourth-order valence-electron chi connectivity index (χ4n) is 2.25. The fourth-order valence-corrected chi connectivity index (χ4v) is 3.13. The van der Waals surface area contributed by atoms with Gasteiger partial charge >= 0.3 is 0 Å². The third kappa shape index (κ3) is 3.49. The maximum Gasteiger partial charge on any atom is 0.194 e. The van der Waals surface area contributed by atoms with E-state index in [0.717, 1.165) is 30.2 Å². The highest BCUT2D eigenvalue weighted by molar-refractivity contribution is 7.17. The average Bonchev–Trinajstić information content (AvgIpc) is 2.85. The molecule has 0 atom stereocenters. The van der Waals surface area contributed by atoms with Gasteiger partial charge in [0.05, 0.1) is 11.4 Å². The molecule has 20 heavy (non-hydrogen) atoms. The highest BCUT2D eigenvalue weighted by Gasteiger charge is 2.09. The average molecular weight is 291 g/mol. The van der Waals surface area contributed by atoms with E-state index in [1.54, 1.807) is 11.3 Å². The Morgan fingerprint density at radius 2 is 2.20 bits per heavy atom. The van der Waals surface area contributed by atoms with Crippen molar-refractivity contribution in [3.8, 4) is 0 Å². The summed E-state index contributed by atoms with van der Waals surface area (Å²) in [5.74, 6) is 0.691. The normalized spacial score (nSPS) is 12.8. The number of aromatic nitrogens is 2. The Kier molecular flexibility index (Phi) is 5.00. The van der Waals surface area contributed by atoms with Crippen LogP contribution in [-0.4, -0.2) is 22.5 Å². The van der Waals surface area contributed by atoms with Crippen LogP contribution in [0.1, 0.15) is 43.5 Å². The van der Waals surface area contributed by atoms with Crippen LogP contribution in [0.5, 0.6) is 0 Å². The summed E-state index contributed by atoms with van der Waals surface area (Å²) in [5, 5.41) is 3.53. The quantitative estimate of drug-likeness (QED) is 0.870. The number of nitrogens with one attached hydrogen (secondary N) is 1. The van der Waals surface area contributed by atoms with Gasteiger partial charge in [-0.05, 0) is 38.8 Å². The zero-order valence-electron chi connectivity index (χ0n) is 13.2. The van der Waals surface area contributed by atoms with Crippen LogP contribution in [0.25, 0.3) is 11.0 Å². The molecule has 0 spiro atoms. The summed E-state index contributed by atoms with van der Waals surface area (Å²) >= 11 is 1.75. The molecule has 3 nitrogen and oxygen atoms in total. The Balaban J connectivity index is 2.22. The van der Waals surface area contributed by atoms with E-state index >= 15 is 0 Å². The Bertz CT molecular complexity index is 605. The summed E-state index contributed by atoms with van der Waals surface area (Å²) in [6, 6.07) is 0. The van der Waals surface area contributed by atoms with Gasteiger partial charge in [-0.15, -0.1) is 11.3 Å². The summed E-state index contributed by atoms with van der Waals surface area (Å²) in [6.07, 6.45) is 5.55. The van der Waals surface area contributed by atoms with Crippen LogP contribution in [0.15, 0.2) is 11.8 Å². The minimum atomic E-state index is 0.691. The largest absolute Gasteiger partial charge is 0.313 e. The molecule has 2 aromatic rings. The number of thiazole rings is 1. The second kappa shape index (κ2) is 6.55. The SMILES string of the molecule is CCC(=Cc1c(C)nc2sc(C)cn12)CNCC(C)C. The molecular formula is C16H25N3S. The van der Waals surface area contributed by atoms with Crippen molar-refractivity contribution in [2.24, 2.45) is 5.92 Å². The van der Waals surface area contributed by atoms with E-state index in [0.29, 0.717) is 5.92 Å². The van der Waals surface area contributed by atoms with E-state index in [4.69, 9.17) is 0 Å². The van der Waals surface area contributed by atoms with Gasteiger partial charge in [-0.3, -0.25) is 4.40 Å². The van der Waals surface area contributed by atoms with Gasteiger partial charge in [-0.25, -0.2) is 4.98 Å². The number of nitrogens with zero attached hydrogens (tertiary/aromatic N) is 2. The maximum atomic E-state index is 4.65. The lowest BCUT2D eigenvalue weighted by Gasteiger charge is -2.09. The van der Waals surface area contributed by atoms with Crippen molar-refractivity contribution >= 4 is 22.4 Å². The molecular weight excluding hydrogens is 266 g/mol. The monoisotopic (exact) mass is 291 g/mol. The lowest BCUT2D eigenvalue weighted by Crippen LogP contribution is -2.21. The molecule has 0 saturated heterocycles. The molecule has 0 aliphatic rings.